The van der Waals surface area contributed by atoms with Crippen molar-refractivity contribution in [1.29, 1.82) is 0 Å². The van der Waals surface area contributed by atoms with Gasteiger partial charge in [-0.3, -0.25) is 0 Å². The van der Waals surface area contributed by atoms with Gasteiger partial charge in [0.1, 0.15) is 18.0 Å². The zero-order valence-corrected chi connectivity index (χ0v) is 14.5. The monoisotopic (exact) mass is 348 g/mol. The molecule has 0 aliphatic heterocycles. The van der Waals surface area contributed by atoms with E-state index in [4.69, 9.17) is 0 Å². The number of anilines is 3. The molecule has 1 heterocycles. The number of aryl methyl sites for hydroxylation is 1. The van der Waals surface area contributed by atoms with Crippen LogP contribution in [0.1, 0.15) is 37.8 Å². The Balaban J connectivity index is 2.41. The normalized spacial score (nSPS) is 10.8. The molecule has 4 nitrogen and oxygen atoms in total. The number of hydrogen-bond acceptors (Lipinski definition) is 4. The van der Waals surface area contributed by atoms with E-state index < -0.39 is 0 Å². The summed E-state index contributed by atoms with van der Waals surface area (Å²) in [5, 5.41) is 6.72. The number of halogens is 1. The highest BCUT2D eigenvalue weighted by atomic mass is 79.9. The number of hydrogen-bond donors (Lipinski definition) is 2. The Labute approximate surface area is 134 Å². The van der Waals surface area contributed by atoms with Crippen LogP contribution in [0.3, 0.4) is 0 Å². The molecule has 1 aromatic carbocycles. The van der Waals surface area contributed by atoms with Crippen molar-refractivity contribution in [2.45, 2.75) is 33.6 Å². The van der Waals surface area contributed by atoms with Crippen LogP contribution in [-0.4, -0.2) is 16.5 Å². The average molecular weight is 349 g/mol. The molecule has 0 spiro atoms. The van der Waals surface area contributed by atoms with E-state index >= 15 is 0 Å². The van der Waals surface area contributed by atoms with Crippen LogP contribution >= 0.6 is 15.9 Å². The first-order valence-electron chi connectivity index (χ1n) is 7.14. The fourth-order valence-electron chi connectivity index (χ4n) is 2.30. The summed E-state index contributed by atoms with van der Waals surface area (Å²) in [5.41, 5.74) is 3.32. The predicted molar refractivity (Wildman–Crippen MR) is 92.4 cm³/mol. The lowest BCUT2D eigenvalue weighted by molar-refractivity contribution is 0.849. The fourth-order valence-corrected chi connectivity index (χ4v) is 2.90. The van der Waals surface area contributed by atoms with Crippen molar-refractivity contribution in [1.82, 2.24) is 9.97 Å². The van der Waals surface area contributed by atoms with Crippen LogP contribution in [0.25, 0.3) is 0 Å². The molecular weight excluding hydrogens is 328 g/mol. The van der Waals surface area contributed by atoms with E-state index in [1.165, 1.54) is 5.56 Å². The third-order valence-electron chi connectivity index (χ3n) is 3.11. The highest BCUT2D eigenvalue weighted by Crippen LogP contribution is 2.31. The van der Waals surface area contributed by atoms with Crippen LogP contribution in [0.4, 0.5) is 17.3 Å². The first kappa shape index (κ1) is 15.8. The predicted octanol–water partition coefficient (Wildman–Crippen LogP) is 4.85. The lowest BCUT2D eigenvalue weighted by Gasteiger charge is -2.17. The van der Waals surface area contributed by atoms with Crippen LogP contribution in [0, 0.1) is 6.92 Å². The molecule has 0 unspecified atom stereocenters. The lowest BCUT2D eigenvalue weighted by atomic mass is 10.0. The topological polar surface area (TPSA) is 49.8 Å². The summed E-state index contributed by atoms with van der Waals surface area (Å²) in [6.07, 6.45) is 1.59. The molecule has 2 rings (SSSR count). The van der Waals surface area contributed by atoms with Gasteiger partial charge in [-0.1, -0.05) is 29.8 Å². The first-order valence-corrected chi connectivity index (χ1v) is 7.93. The van der Waals surface area contributed by atoms with E-state index in [1.54, 1.807) is 6.33 Å². The molecule has 0 aliphatic carbocycles. The molecule has 0 fully saturated rings. The smallest absolute Gasteiger partial charge is 0.139 e. The minimum Gasteiger partial charge on any atom is -0.370 e. The van der Waals surface area contributed by atoms with Crippen molar-refractivity contribution in [2.75, 3.05) is 17.2 Å². The van der Waals surface area contributed by atoms with Crippen molar-refractivity contribution >= 4 is 33.3 Å². The molecule has 0 saturated heterocycles. The van der Waals surface area contributed by atoms with Gasteiger partial charge in [0.25, 0.3) is 0 Å². The van der Waals surface area contributed by atoms with Crippen LogP contribution in [0.2, 0.25) is 0 Å². The Kier molecular flexibility index (Phi) is 5.17. The molecule has 2 N–H and O–H groups in total. The molecule has 0 atom stereocenters. The van der Waals surface area contributed by atoms with E-state index in [-0.39, 0.29) is 0 Å². The number of aromatic nitrogens is 2. The molecule has 0 aliphatic rings. The van der Waals surface area contributed by atoms with E-state index in [0.717, 1.165) is 33.9 Å². The Morgan fingerprint density at radius 1 is 1.14 bits per heavy atom. The minimum atomic E-state index is 0.330. The quantitative estimate of drug-likeness (QED) is 0.810. The maximum atomic E-state index is 4.42. The maximum Gasteiger partial charge on any atom is 0.139 e. The molecule has 5 heteroatoms. The van der Waals surface area contributed by atoms with Gasteiger partial charge in [-0.25, -0.2) is 9.97 Å². The van der Waals surface area contributed by atoms with Crippen LogP contribution in [-0.2, 0) is 0 Å². The summed E-state index contributed by atoms with van der Waals surface area (Å²) in [7, 11) is 0. The first-order chi connectivity index (χ1) is 10.0. The van der Waals surface area contributed by atoms with Gasteiger partial charge in [0.2, 0.25) is 0 Å². The lowest BCUT2D eigenvalue weighted by Crippen LogP contribution is -2.09. The number of nitrogens with zero attached hydrogens (tertiary/aromatic N) is 2. The molecule has 0 saturated carbocycles. The van der Waals surface area contributed by atoms with Gasteiger partial charge in [0, 0.05) is 22.3 Å². The van der Waals surface area contributed by atoms with Gasteiger partial charge < -0.3 is 10.6 Å². The molecule has 0 bridgehead atoms. The van der Waals surface area contributed by atoms with Crippen molar-refractivity contribution in [3.8, 4) is 0 Å². The molecular formula is C16H21BrN4. The van der Waals surface area contributed by atoms with E-state index in [0.29, 0.717) is 5.92 Å². The minimum absolute atomic E-state index is 0.330. The third-order valence-corrected chi connectivity index (χ3v) is 3.57. The van der Waals surface area contributed by atoms with Gasteiger partial charge in [-0.2, -0.15) is 0 Å². The summed E-state index contributed by atoms with van der Waals surface area (Å²) in [4.78, 5) is 8.78. The fraction of sp³-hybridized carbons (Fsp3) is 0.375. The average Bonchev–Trinajstić information content (AvgIpc) is 2.37. The molecule has 2 aromatic rings. The van der Waals surface area contributed by atoms with Crippen molar-refractivity contribution in [3.05, 3.63) is 40.1 Å². The van der Waals surface area contributed by atoms with E-state index in [2.05, 4.69) is 76.4 Å². The van der Waals surface area contributed by atoms with Gasteiger partial charge in [-0.05, 0) is 43.5 Å². The molecule has 0 amide bonds. The molecule has 21 heavy (non-hydrogen) atoms. The van der Waals surface area contributed by atoms with Crippen molar-refractivity contribution in [3.63, 3.8) is 0 Å². The molecule has 0 radical (unpaired) electrons. The zero-order chi connectivity index (χ0) is 15.4. The summed E-state index contributed by atoms with van der Waals surface area (Å²) in [6, 6.07) is 6.23. The summed E-state index contributed by atoms with van der Waals surface area (Å²) < 4.78 is 1.05. The Morgan fingerprint density at radius 3 is 2.48 bits per heavy atom. The van der Waals surface area contributed by atoms with Crippen molar-refractivity contribution < 1.29 is 0 Å². The summed E-state index contributed by atoms with van der Waals surface area (Å²) >= 11 is 3.53. The van der Waals surface area contributed by atoms with Gasteiger partial charge in [-0.15, -0.1) is 0 Å². The zero-order valence-electron chi connectivity index (χ0n) is 12.9. The second-order valence-electron chi connectivity index (χ2n) is 5.31. The van der Waals surface area contributed by atoms with Gasteiger partial charge >= 0.3 is 0 Å². The van der Waals surface area contributed by atoms with Gasteiger partial charge in [0.05, 0.1) is 0 Å². The highest BCUT2D eigenvalue weighted by molar-refractivity contribution is 9.10. The summed E-state index contributed by atoms with van der Waals surface area (Å²) in [6.45, 7) is 9.28. The largest absolute Gasteiger partial charge is 0.370 e. The number of rotatable bonds is 5. The van der Waals surface area contributed by atoms with Crippen LogP contribution in [0.15, 0.2) is 29.0 Å². The molecule has 112 valence electrons. The summed E-state index contributed by atoms with van der Waals surface area (Å²) in [5.74, 6) is 2.08. The Morgan fingerprint density at radius 2 is 1.86 bits per heavy atom. The van der Waals surface area contributed by atoms with Crippen LogP contribution < -0.4 is 10.6 Å². The van der Waals surface area contributed by atoms with E-state index in [9.17, 15) is 0 Å². The standard InChI is InChI=1S/C16H21BrN4/c1-5-18-15-14(10(2)3)16(20-9-19-15)21-13-7-11(4)6-12(17)8-13/h6-10H,5H2,1-4H3,(H2,18,19,20,21). The number of benzene rings is 1. The van der Waals surface area contributed by atoms with Gasteiger partial charge in [0.15, 0.2) is 0 Å². The highest BCUT2D eigenvalue weighted by Gasteiger charge is 2.14. The van der Waals surface area contributed by atoms with Crippen molar-refractivity contribution in [2.24, 2.45) is 0 Å². The second kappa shape index (κ2) is 6.89. The third kappa shape index (κ3) is 3.94. The SMILES string of the molecule is CCNc1ncnc(Nc2cc(C)cc(Br)c2)c1C(C)C. The van der Waals surface area contributed by atoms with Crippen LogP contribution in [0.5, 0.6) is 0 Å². The Hall–Kier alpha value is -1.62. The number of nitrogens with one attached hydrogen (secondary N) is 2. The second-order valence-corrected chi connectivity index (χ2v) is 6.23. The Bertz CT molecular complexity index is 605. The van der Waals surface area contributed by atoms with E-state index in [1.807, 2.05) is 6.07 Å². The maximum absolute atomic E-state index is 4.42. The molecule has 1 aromatic heterocycles.